The number of thiazole rings is 1. The van der Waals surface area contributed by atoms with Crippen molar-refractivity contribution in [2.24, 2.45) is 0 Å². The Labute approximate surface area is 143 Å². The number of amides is 1. The molecule has 5 nitrogen and oxygen atoms in total. The number of alkyl halides is 3. The van der Waals surface area contributed by atoms with Crippen molar-refractivity contribution in [3.8, 4) is 11.3 Å². The van der Waals surface area contributed by atoms with Crippen LogP contribution in [0.5, 0.6) is 0 Å². The topological polar surface area (TPSA) is 74.8 Å². The Hall–Kier alpha value is -2.94. The largest absolute Gasteiger partial charge is 0.434 e. The molecular weight excluding hydrogens is 355 g/mol. The van der Waals surface area contributed by atoms with Crippen LogP contribution in [0.15, 0.2) is 52.6 Å². The van der Waals surface area contributed by atoms with Crippen LogP contribution in [0.1, 0.15) is 16.1 Å². The highest BCUT2D eigenvalue weighted by Crippen LogP contribution is 2.31. The van der Waals surface area contributed by atoms with Gasteiger partial charge in [0, 0.05) is 11.1 Å². The van der Waals surface area contributed by atoms with Crippen molar-refractivity contribution in [1.82, 2.24) is 9.97 Å². The molecule has 0 spiro atoms. The van der Waals surface area contributed by atoms with E-state index in [9.17, 15) is 22.8 Å². The summed E-state index contributed by atoms with van der Waals surface area (Å²) >= 11 is 0.630. The number of hydrogen-bond donors (Lipinski definition) is 2. The molecule has 0 radical (unpaired) electrons. The summed E-state index contributed by atoms with van der Waals surface area (Å²) in [6.07, 6.45) is -4.59. The maximum atomic E-state index is 12.5. The first-order chi connectivity index (χ1) is 11.8. The molecule has 9 heteroatoms. The number of nitrogens with one attached hydrogen (secondary N) is 2. The molecule has 2 aromatic heterocycles. The van der Waals surface area contributed by atoms with Crippen molar-refractivity contribution in [2.75, 3.05) is 5.32 Å². The van der Waals surface area contributed by atoms with Crippen LogP contribution in [0.3, 0.4) is 0 Å². The fourth-order valence-corrected chi connectivity index (χ4v) is 2.78. The normalized spacial score (nSPS) is 11.3. The fraction of sp³-hybridized carbons (Fsp3) is 0.0625. The van der Waals surface area contributed by atoms with Crippen LogP contribution in [-0.4, -0.2) is 15.9 Å². The highest BCUT2D eigenvalue weighted by Gasteiger charge is 2.34. The summed E-state index contributed by atoms with van der Waals surface area (Å²) in [5.74, 6) is -0.830. The zero-order valence-electron chi connectivity index (χ0n) is 12.4. The number of aromatic nitrogens is 2. The second kappa shape index (κ2) is 6.52. The number of carbonyl (C=O) groups is 1. The highest BCUT2D eigenvalue weighted by atomic mass is 32.1. The van der Waals surface area contributed by atoms with Crippen molar-refractivity contribution in [2.45, 2.75) is 6.18 Å². The number of benzene rings is 1. The third-order valence-electron chi connectivity index (χ3n) is 3.25. The van der Waals surface area contributed by atoms with E-state index in [0.717, 1.165) is 10.9 Å². The van der Waals surface area contributed by atoms with Crippen LogP contribution < -0.4 is 10.9 Å². The van der Waals surface area contributed by atoms with Crippen molar-refractivity contribution in [3.63, 3.8) is 0 Å². The molecule has 0 bridgehead atoms. The van der Waals surface area contributed by atoms with Crippen molar-refractivity contribution in [1.29, 1.82) is 0 Å². The number of hydrogen-bond acceptors (Lipinski definition) is 4. The number of nitrogens with zero attached hydrogens (tertiary/aromatic N) is 1. The van der Waals surface area contributed by atoms with Crippen LogP contribution in [0.4, 0.5) is 18.3 Å². The van der Waals surface area contributed by atoms with Gasteiger partial charge in [-0.25, -0.2) is 4.98 Å². The van der Waals surface area contributed by atoms with Crippen molar-refractivity contribution >= 4 is 22.4 Å². The predicted molar refractivity (Wildman–Crippen MR) is 87.6 cm³/mol. The van der Waals surface area contributed by atoms with Gasteiger partial charge < -0.3 is 4.98 Å². The average molecular weight is 365 g/mol. The van der Waals surface area contributed by atoms with Gasteiger partial charge in [0.2, 0.25) is 0 Å². The van der Waals surface area contributed by atoms with E-state index in [2.05, 4.69) is 15.3 Å². The lowest BCUT2D eigenvalue weighted by Crippen LogP contribution is -2.23. The van der Waals surface area contributed by atoms with Crippen LogP contribution in [0.2, 0.25) is 0 Å². The average Bonchev–Trinajstić information content (AvgIpc) is 3.04. The number of aromatic amines is 1. The molecule has 2 N–H and O–H groups in total. The molecule has 1 aromatic carbocycles. The maximum absolute atomic E-state index is 12.5. The summed E-state index contributed by atoms with van der Waals surface area (Å²) in [7, 11) is 0. The molecule has 0 unspecified atom stereocenters. The summed E-state index contributed by atoms with van der Waals surface area (Å²) in [6, 6.07) is 11.9. The van der Waals surface area contributed by atoms with Gasteiger partial charge in [-0.2, -0.15) is 13.2 Å². The third kappa shape index (κ3) is 3.77. The first kappa shape index (κ1) is 16.9. The Bertz CT molecular complexity index is 965. The number of H-pyrrole nitrogens is 1. The summed E-state index contributed by atoms with van der Waals surface area (Å²) in [6.45, 7) is 0. The van der Waals surface area contributed by atoms with E-state index < -0.39 is 23.3 Å². The van der Waals surface area contributed by atoms with Gasteiger partial charge >= 0.3 is 6.18 Å². The standard InChI is InChI=1S/C16H10F3N3O2S/c17-16(18,19)12-8-25-15(21-12)22-14(24)10-6-7-11(20-13(10)23)9-4-2-1-3-5-9/h1-8H,(H,20,23)(H,21,22,24). The Morgan fingerprint density at radius 1 is 1.12 bits per heavy atom. The van der Waals surface area contributed by atoms with Gasteiger partial charge in [-0.15, -0.1) is 11.3 Å². The van der Waals surface area contributed by atoms with Crippen molar-refractivity contribution < 1.29 is 18.0 Å². The second-order valence-electron chi connectivity index (χ2n) is 4.97. The highest BCUT2D eigenvalue weighted by molar-refractivity contribution is 7.14. The first-order valence-electron chi connectivity index (χ1n) is 6.97. The number of rotatable bonds is 3. The van der Waals surface area contributed by atoms with Crippen LogP contribution in [0.25, 0.3) is 11.3 Å². The van der Waals surface area contributed by atoms with Gasteiger partial charge in [0.05, 0.1) is 0 Å². The molecule has 0 fully saturated rings. The molecule has 0 saturated heterocycles. The van der Waals surface area contributed by atoms with E-state index in [1.165, 1.54) is 6.07 Å². The second-order valence-corrected chi connectivity index (χ2v) is 5.83. The van der Waals surface area contributed by atoms with E-state index in [1.54, 1.807) is 30.3 Å². The van der Waals surface area contributed by atoms with E-state index in [-0.39, 0.29) is 10.7 Å². The van der Waals surface area contributed by atoms with Gasteiger partial charge in [-0.1, -0.05) is 30.3 Å². The van der Waals surface area contributed by atoms with Crippen molar-refractivity contribution in [3.05, 3.63) is 69.5 Å². The van der Waals surface area contributed by atoms with Gasteiger partial charge in [0.1, 0.15) is 5.56 Å². The Balaban J connectivity index is 1.81. The SMILES string of the molecule is O=C(Nc1nc(C(F)(F)F)cs1)c1ccc(-c2ccccc2)[nH]c1=O. The van der Waals surface area contributed by atoms with Crippen LogP contribution >= 0.6 is 11.3 Å². The van der Waals surface area contributed by atoms with Gasteiger partial charge in [0.15, 0.2) is 10.8 Å². The van der Waals surface area contributed by atoms with E-state index in [0.29, 0.717) is 17.0 Å². The first-order valence-corrected chi connectivity index (χ1v) is 7.85. The zero-order chi connectivity index (χ0) is 18.0. The quantitative estimate of drug-likeness (QED) is 0.742. The molecule has 0 aliphatic rings. The molecule has 3 rings (SSSR count). The minimum atomic E-state index is -4.59. The molecule has 25 heavy (non-hydrogen) atoms. The number of pyridine rings is 1. The number of anilines is 1. The lowest BCUT2D eigenvalue weighted by Gasteiger charge is -2.04. The molecular formula is C16H10F3N3O2S. The molecule has 3 aromatic rings. The molecule has 1 amide bonds. The van der Waals surface area contributed by atoms with Gasteiger partial charge in [-0.3, -0.25) is 14.9 Å². The van der Waals surface area contributed by atoms with Crippen LogP contribution in [0, 0.1) is 0 Å². The Morgan fingerprint density at radius 2 is 1.84 bits per heavy atom. The molecule has 0 saturated carbocycles. The third-order valence-corrected chi connectivity index (χ3v) is 4.01. The smallest absolute Gasteiger partial charge is 0.321 e. The predicted octanol–water partition coefficient (Wildman–Crippen LogP) is 3.77. The molecule has 128 valence electrons. The molecule has 0 aliphatic heterocycles. The minimum absolute atomic E-state index is 0.219. The maximum Gasteiger partial charge on any atom is 0.434 e. The minimum Gasteiger partial charge on any atom is -0.321 e. The molecule has 0 aliphatic carbocycles. The molecule has 0 atom stereocenters. The van der Waals surface area contributed by atoms with Gasteiger partial charge in [0.25, 0.3) is 11.5 Å². The summed E-state index contributed by atoms with van der Waals surface area (Å²) < 4.78 is 37.5. The zero-order valence-corrected chi connectivity index (χ0v) is 13.2. The Kier molecular flexibility index (Phi) is 4.41. The summed E-state index contributed by atoms with van der Waals surface area (Å²) in [5.41, 5.74) is -0.673. The summed E-state index contributed by atoms with van der Waals surface area (Å²) in [5, 5.41) is 2.76. The fourth-order valence-electron chi connectivity index (χ4n) is 2.06. The lowest BCUT2D eigenvalue weighted by molar-refractivity contribution is -0.140. The van der Waals surface area contributed by atoms with E-state index in [1.807, 2.05) is 6.07 Å². The Morgan fingerprint density at radius 3 is 2.44 bits per heavy atom. The monoisotopic (exact) mass is 365 g/mol. The van der Waals surface area contributed by atoms with Gasteiger partial charge in [-0.05, 0) is 17.7 Å². The molecule has 2 heterocycles. The van der Waals surface area contributed by atoms with Crippen LogP contribution in [-0.2, 0) is 6.18 Å². The van der Waals surface area contributed by atoms with E-state index >= 15 is 0 Å². The summed E-state index contributed by atoms with van der Waals surface area (Å²) in [4.78, 5) is 30.1. The lowest BCUT2D eigenvalue weighted by atomic mass is 10.1. The van der Waals surface area contributed by atoms with E-state index in [4.69, 9.17) is 0 Å². The number of carbonyl (C=O) groups excluding carboxylic acids is 1. The number of halogens is 3.